The van der Waals surface area contributed by atoms with Crippen LogP contribution in [-0.4, -0.2) is 38.0 Å². The minimum atomic E-state index is 0.664. The summed E-state index contributed by atoms with van der Waals surface area (Å²) >= 11 is 0. The second-order valence-electron chi connectivity index (χ2n) is 8.13. The van der Waals surface area contributed by atoms with Crippen LogP contribution >= 0.6 is 0 Å². The van der Waals surface area contributed by atoms with Crippen LogP contribution in [0.3, 0.4) is 0 Å². The molecule has 4 heterocycles. The van der Waals surface area contributed by atoms with Gasteiger partial charge in [-0.3, -0.25) is 4.98 Å². The molecule has 3 aromatic heterocycles. The van der Waals surface area contributed by atoms with Crippen molar-refractivity contribution in [1.29, 1.82) is 0 Å². The predicted molar refractivity (Wildman–Crippen MR) is 125 cm³/mol. The molecule has 0 spiro atoms. The summed E-state index contributed by atoms with van der Waals surface area (Å²) in [6.07, 6.45) is 5.56. The fourth-order valence-corrected chi connectivity index (χ4v) is 4.34. The fourth-order valence-electron chi connectivity index (χ4n) is 4.34. The quantitative estimate of drug-likeness (QED) is 0.400. The van der Waals surface area contributed by atoms with Crippen molar-refractivity contribution in [2.45, 2.75) is 19.3 Å². The van der Waals surface area contributed by atoms with Crippen molar-refractivity contribution in [3.63, 3.8) is 0 Å². The number of nitrogen functional groups attached to an aromatic ring is 1. The number of hydrogen-bond donors (Lipinski definition) is 3. The molecule has 1 saturated heterocycles. The molecule has 154 valence electrons. The van der Waals surface area contributed by atoms with Crippen molar-refractivity contribution in [1.82, 2.24) is 24.9 Å². The van der Waals surface area contributed by atoms with Gasteiger partial charge in [0.15, 0.2) is 5.82 Å². The lowest BCUT2D eigenvalue weighted by molar-refractivity contribution is 0.578. The topological polar surface area (TPSA) is 99.5 Å². The first-order valence-corrected chi connectivity index (χ1v) is 10.7. The van der Waals surface area contributed by atoms with Crippen molar-refractivity contribution in [3.05, 3.63) is 54.7 Å². The fraction of sp³-hybridized carbons (Fsp3) is 0.208. The summed E-state index contributed by atoms with van der Waals surface area (Å²) < 4.78 is 0. The zero-order valence-electron chi connectivity index (χ0n) is 17.1. The summed E-state index contributed by atoms with van der Waals surface area (Å²) in [4.78, 5) is 23.2. The summed E-state index contributed by atoms with van der Waals surface area (Å²) in [6.45, 7) is 2.26. The Morgan fingerprint density at radius 1 is 0.774 bits per heavy atom. The number of rotatable bonds is 3. The first-order valence-electron chi connectivity index (χ1n) is 10.7. The third-order valence-corrected chi connectivity index (χ3v) is 5.97. The lowest BCUT2D eigenvalue weighted by Crippen LogP contribution is -2.29. The Kier molecular flexibility index (Phi) is 4.12. The smallest absolute Gasteiger partial charge is 0.157 e. The van der Waals surface area contributed by atoms with Gasteiger partial charge >= 0.3 is 0 Å². The molecule has 31 heavy (non-hydrogen) atoms. The maximum absolute atomic E-state index is 5.89. The Morgan fingerprint density at radius 2 is 1.52 bits per heavy atom. The highest BCUT2D eigenvalue weighted by Crippen LogP contribution is 2.28. The highest BCUT2D eigenvalue weighted by molar-refractivity contribution is 5.86. The number of benzene rings is 2. The summed E-state index contributed by atoms with van der Waals surface area (Å²) in [6, 6.07) is 16.2. The van der Waals surface area contributed by atoms with Crippen molar-refractivity contribution in [2.75, 3.05) is 23.7 Å². The van der Waals surface area contributed by atoms with Gasteiger partial charge in [0.25, 0.3) is 0 Å². The van der Waals surface area contributed by atoms with Gasteiger partial charge in [0, 0.05) is 36.2 Å². The van der Waals surface area contributed by atoms with Crippen LogP contribution in [-0.2, 0) is 0 Å². The first kappa shape index (κ1) is 17.9. The maximum Gasteiger partial charge on any atom is 0.157 e. The molecule has 1 aliphatic rings. The van der Waals surface area contributed by atoms with Gasteiger partial charge in [-0.1, -0.05) is 0 Å². The van der Waals surface area contributed by atoms with E-state index in [9.17, 15) is 0 Å². The standard InChI is InChI=1S/C24H23N7/c25-16-8-9-26-22(13-16)24-28-18-6-4-15(12-20(18)30-24)23-27-19-7-5-17(14-21(19)29-23)31-10-2-1-3-11-31/h4-9,12-14H,1-3,10-11H2,(H2,25,26)(H,27,29)(H,28,30). The number of hydrogen-bond acceptors (Lipinski definition) is 5. The zero-order valence-corrected chi connectivity index (χ0v) is 17.1. The molecule has 6 rings (SSSR count). The minimum Gasteiger partial charge on any atom is -0.399 e. The normalized spacial score (nSPS) is 14.5. The predicted octanol–water partition coefficient (Wildman–Crippen LogP) is 4.74. The first-order chi connectivity index (χ1) is 15.2. The number of fused-ring (bicyclic) bond motifs is 2. The molecule has 1 fully saturated rings. The third-order valence-electron chi connectivity index (χ3n) is 5.97. The largest absolute Gasteiger partial charge is 0.399 e. The molecule has 5 aromatic rings. The van der Waals surface area contributed by atoms with Gasteiger partial charge in [-0.15, -0.1) is 0 Å². The van der Waals surface area contributed by atoms with Crippen molar-refractivity contribution < 1.29 is 0 Å². The lowest BCUT2D eigenvalue weighted by atomic mass is 10.1. The second-order valence-corrected chi connectivity index (χ2v) is 8.13. The van der Waals surface area contributed by atoms with Crippen LogP contribution in [0.5, 0.6) is 0 Å². The van der Waals surface area contributed by atoms with Gasteiger partial charge in [0.05, 0.1) is 22.1 Å². The van der Waals surface area contributed by atoms with Gasteiger partial charge in [0.2, 0.25) is 0 Å². The van der Waals surface area contributed by atoms with Crippen LogP contribution in [0.15, 0.2) is 54.7 Å². The highest BCUT2D eigenvalue weighted by Gasteiger charge is 2.14. The maximum atomic E-state index is 5.89. The number of imidazole rings is 2. The Morgan fingerprint density at radius 3 is 2.35 bits per heavy atom. The SMILES string of the molecule is Nc1ccnc(-c2nc3ccc(-c4nc5ccc(N6CCCCC6)cc5[nH]4)cc3[nH]2)c1. The summed E-state index contributed by atoms with van der Waals surface area (Å²) in [5, 5.41) is 0. The number of nitrogens with two attached hydrogens (primary N) is 1. The van der Waals surface area contributed by atoms with E-state index < -0.39 is 0 Å². The Hall–Kier alpha value is -3.87. The highest BCUT2D eigenvalue weighted by atomic mass is 15.1. The van der Waals surface area contributed by atoms with Crippen LogP contribution < -0.4 is 10.6 Å². The second kappa shape index (κ2) is 7.12. The van der Waals surface area contributed by atoms with Crippen LogP contribution in [0.4, 0.5) is 11.4 Å². The Bertz CT molecular complexity index is 1390. The van der Waals surface area contributed by atoms with E-state index in [0.717, 1.165) is 52.2 Å². The van der Waals surface area contributed by atoms with Gasteiger partial charge in [-0.2, -0.15) is 0 Å². The Labute approximate surface area is 179 Å². The molecule has 0 bridgehead atoms. The average Bonchev–Trinajstić information content (AvgIpc) is 3.43. The van der Waals surface area contributed by atoms with E-state index in [-0.39, 0.29) is 0 Å². The molecule has 7 heteroatoms. The molecular formula is C24H23N7. The summed E-state index contributed by atoms with van der Waals surface area (Å²) in [7, 11) is 0. The summed E-state index contributed by atoms with van der Waals surface area (Å²) in [5.74, 6) is 1.56. The van der Waals surface area contributed by atoms with Crippen LogP contribution in [0.1, 0.15) is 19.3 Å². The Balaban J connectivity index is 1.35. The molecule has 0 unspecified atom stereocenters. The monoisotopic (exact) mass is 409 g/mol. The molecule has 2 aromatic carbocycles. The van der Waals surface area contributed by atoms with E-state index in [1.807, 2.05) is 18.2 Å². The molecule has 0 radical (unpaired) electrons. The molecular weight excluding hydrogens is 386 g/mol. The van der Waals surface area contributed by atoms with Gasteiger partial charge in [-0.05, 0) is 67.8 Å². The van der Waals surface area contributed by atoms with Crippen LogP contribution in [0, 0.1) is 0 Å². The number of piperidine rings is 1. The number of anilines is 2. The van der Waals surface area contributed by atoms with Gasteiger partial charge in [-0.25, -0.2) is 9.97 Å². The molecule has 0 amide bonds. The van der Waals surface area contributed by atoms with Crippen molar-refractivity contribution in [3.8, 4) is 22.9 Å². The number of H-pyrrole nitrogens is 2. The van der Waals surface area contributed by atoms with E-state index in [1.165, 1.54) is 24.9 Å². The van der Waals surface area contributed by atoms with Crippen LogP contribution in [0.2, 0.25) is 0 Å². The molecule has 0 aliphatic carbocycles. The molecule has 0 atom stereocenters. The number of pyridine rings is 1. The third kappa shape index (κ3) is 3.28. The van der Waals surface area contributed by atoms with E-state index in [0.29, 0.717) is 11.5 Å². The molecule has 0 saturated carbocycles. The number of aromatic amines is 2. The lowest BCUT2D eigenvalue weighted by Gasteiger charge is -2.28. The van der Waals surface area contributed by atoms with Gasteiger partial charge < -0.3 is 20.6 Å². The van der Waals surface area contributed by atoms with E-state index in [2.05, 4.69) is 49.1 Å². The zero-order chi connectivity index (χ0) is 20.8. The minimum absolute atomic E-state index is 0.664. The van der Waals surface area contributed by atoms with Crippen LogP contribution in [0.25, 0.3) is 45.0 Å². The molecule has 4 N–H and O–H groups in total. The van der Waals surface area contributed by atoms with Crippen molar-refractivity contribution >= 4 is 33.4 Å². The number of nitrogens with zero attached hydrogens (tertiary/aromatic N) is 4. The van der Waals surface area contributed by atoms with Crippen molar-refractivity contribution in [2.24, 2.45) is 0 Å². The average molecular weight is 409 g/mol. The number of nitrogens with one attached hydrogen (secondary N) is 2. The molecule has 1 aliphatic heterocycles. The van der Waals surface area contributed by atoms with E-state index in [4.69, 9.17) is 10.7 Å². The molecule has 7 nitrogen and oxygen atoms in total. The van der Waals surface area contributed by atoms with E-state index in [1.54, 1.807) is 12.3 Å². The van der Waals surface area contributed by atoms with E-state index >= 15 is 0 Å². The van der Waals surface area contributed by atoms with Gasteiger partial charge in [0.1, 0.15) is 11.5 Å². The summed E-state index contributed by atoms with van der Waals surface area (Å²) in [5.41, 5.74) is 13.4. The number of aromatic nitrogens is 5.